The third-order valence-electron chi connectivity index (χ3n) is 4.18. The maximum Gasteiger partial charge on any atom is 0.315 e. The van der Waals surface area contributed by atoms with E-state index in [4.69, 9.17) is 9.47 Å². The average molecular weight is 356 g/mol. The number of methoxy groups -OCH3 is 1. The Morgan fingerprint density at radius 2 is 1.92 bits per heavy atom. The van der Waals surface area contributed by atoms with Crippen LogP contribution in [0.5, 0.6) is 5.75 Å². The van der Waals surface area contributed by atoms with E-state index in [0.29, 0.717) is 13.1 Å². The highest BCUT2D eigenvalue weighted by Gasteiger charge is 2.12. The van der Waals surface area contributed by atoms with E-state index >= 15 is 0 Å². The third-order valence-corrected chi connectivity index (χ3v) is 4.18. The van der Waals surface area contributed by atoms with Gasteiger partial charge < -0.3 is 25.0 Å². The summed E-state index contributed by atoms with van der Waals surface area (Å²) in [6.45, 7) is 4.06. The van der Waals surface area contributed by atoms with E-state index in [1.807, 2.05) is 36.4 Å². The standard InChI is InChI=1S/C19H24N4O3/c1-25-17-4-2-3-15(11-17)12-21-19(24)22-14-16-5-6-18(20-13-16)23-7-9-26-10-8-23/h2-6,11,13H,7-10,12,14H2,1H3,(H2,21,22,24). The number of nitrogens with zero attached hydrogens (tertiary/aromatic N) is 2. The summed E-state index contributed by atoms with van der Waals surface area (Å²) in [6.07, 6.45) is 1.80. The summed E-state index contributed by atoms with van der Waals surface area (Å²) in [6, 6.07) is 11.4. The van der Waals surface area contributed by atoms with Gasteiger partial charge in [-0.3, -0.25) is 0 Å². The number of ether oxygens (including phenoxy) is 2. The van der Waals surface area contributed by atoms with Gasteiger partial charge in [-0.25, -0.2) is 9.78 Å². The first-order valence-corrected chi connectivity index (χ1v) is 8.67. The molecule has 7 nitrogen and oxygen atoms in total. The molecule has 0 radical (unpaired) electrons. The van der Waals surface area contributed by atoms with Gasteiger partial charge in [0.05, 0.1) is 20.3 Å². The summed E-state index contributed by atoms with van der Waals surface area (Å²) in [4.78, 5) is 18.6. The summed E-state index contributed by atoms with van der Waals surface area (Å²) in [5.41, 5.74) is 1.94. The molecule has 1 aliphatic rings. The summed E-state index contributed by atoms with van der Waals surface area (Å²) in [5.74, 6) is 1.72. The first kappa shape index (κ1) is 18.0. The fourth-order valence-electron chi connectivity index (χ4n) is 2.71. The van der Waals surface area contributed by atoms with Crippen LogP contribution in [-0.4, -0.2) is 44.4 Å². The predicted molar refractivity (Wildman–Crippen MR) is 99.3 cm³/mol. The monoisotopic (exact) mass is 356 g/mol. The van der Waals surface area contributed by atoms with Crippen LogP contribution in [0.25, 0.3) is 0 Å². The quantitative estimate of drug-likeness (QED) is 0.827. The normalized spacial score (nSPS) is 14.0. The molecule has 7 heteroatoms. The minimum atomic E-state index is -0.218. The molecule has 2 N–H and O–H groups in total. The number of rotatable bonds is 6. The molecule has 0 aliphatic carbocycles. The van der Waals surface area contributed by atoms with Crippen molar-refractivity contribution in [2.45, 2.75) is 13.1 Å². The number of aromatic nitrogens is 1. The lowest BCUT2D eigenvalue weighted by Gasteiger charge is -2.27. The average Bonchev–Trinajstić information content (AvgIpc) is 2.72. The zero-order valence-electron chi connectivity index (χ0n) is 14.9. The van der Waals surface area contributed by atoms with Crippen LogP contribution < -0.4 is 20.3 Å². The fraction of sp³-hybridized carbons (Fsp3) is 0.368. The smallest absolute Gasteiger partial charge is 0.315 e. The van der Waals surface area contributed by atoms with Gasteiger partial charge in [0, 0.05) is 32.4 Å². The summed E-state index contributed by atoms with van der Waals surface area (Å²) in [5, 5.41) is 5.68. The summed E-state index contributed by atoms with van der Waals surface area (Å²) < 4.78 is 10.5. The number of amides is 2. The molecule has 1 aliphatic heterocycles. The van der Waals surface area contributed by atoms with Crippen molar-refractivity contribution < 1.29 is 14.3 Å². The number of morpholine rings is 1. The van der Waals surface area contributed by atoms with E-state index < -0.39 is 0 Å². The molecule has 1 fully saturated rings. The van der Waals surface area contributed by atoms with Crippen molar-refractivity contribution in [3.05, 3.63) is 53.7 Å². The highest BCUT2D eigenvalue weighted by atomic mass is 16.5. The Morgan fingerprint density at radius 3 is 2.62 bits per heavy atom. The molecule has 26 heavy (non-hydrogen) atoms. The Morgan fingerprint density at radius 1 is 1.15 bits per heavy atom. The SMILES string of the molecule is COc1cccc(CNC(=O)NCc2ccc(N3CCOCC3)nc2)c1. The summed E-state index contributed by atoms with van der Waals surface area (Å²) in [7, 11) is 1.62. The van der Waals surface area contributed by atoms with Crippen LogP contribution in [0.2, 0.25) is 0 Å². The van der Waals surface area contributed by atoms with Crippen molar-refractivity contribution in [2.24, 2.45) is 0 Å². The lowest BCUT2D eigenvalue weighted by Crippen LogP contribution is -2.36. The van der Waals surface area contributed by atoms with Crippen molar-refractivity contribution in [3.8, 4) is 5.75 Å². The molecule has 0 spiro atoms. The van der Waals surface area contributed by atoms with Crippen LogP contribution in [0.1, 0.15) is 11.1 Å². The predicted octanol–water partition coefficient (Wildman–Crippen LogP) is 1.93. The number of carbonyl (C=O) groups is 1. The van der Waals surface area contributed by atoms with Gasteiger partial charge in [0.2, 0.25) is 0 Å². The fourth-order valence-corrected chi connectivity index (χ4v) is 2.71. The molecule has 138 valence electrons. The first-order chi connectivity index (χ1) is 12.7. The molecule has 1 saturated heterocycles. The van der Waals surface area contributed by atoms with Crippen molar-refractivity contribution in [2.75, 3.05) is 38.3 Å². The van der Waals surface area contributed by atoms with Gasteiger partial charge >= 0.3 is 6.03 Å². The van der Waals surface area contributed by atoms with Crippen LogP contribution in [0.4, 0.5) is 10.6 Å². The van der Waals surface area contributed by atoms with Gasteiger partial charge in [0.25, 0.3) is 0 Å². The number of carbonyl (C=O) groups excluding carboxylic acids is 1. The summed E-state index contributed by atoms with van der Waals surface area (Å²) >= 11 is 0. The van der Waals surface area contributed by atoms with E-state index in [9.17, 15) is 4.79 Å². The second kappa shape index (κ2) is 9.05. The van der Waals surface area contributed by atoms with E-state index in [-0.39, 0.29) is 6.03 Å². The number of benzene rings is 1. The van der Waals surface area contributed by atoms with Gasteiger partial charge in [0.1, 0.15) is 11.6 Å². The van der Waals surface area contributed by atoms with E-state index in [1.165, 1.54) is 0 Å². The highest BCUT2D eigenvalue weighted by molar-refractivity contribution is 5.73. The highest BCUT2D eigenvalue weighted by Crippen LogP contribution is 2.13. The number of pyridine rings is 1. The minimum absolute atomic E-state index is 0.218. The van der Waals surface area contributed by atoms with Crippen LogP contribution in [-0.2, 0) is 17.8 Å². The zero-order valence-corrected chi connectivity index (χ0v) is 14.9. The van der Waals surface area contributed by atoms with Gasteiger partial charge in [-0.2, -0.15) is 0 Å². The number of hydrogen-bond donors (Lipinski definition) is 2. The van der Waals surface area contributed by atoms with Crippen LogP contribution in [0.3, 0.4) is 0 Å². The number of urea groups is 1. The van der Waals surface area contributed by atoms with Gasteiger partial charge in [-0.05, 0) is 29.3 Å². The minimum Gasteiger partial charge on any atom is -0.497 e. The number of hydrogen-bond acceptors (Lipinski definition) is 5. The largest absolute Gasteiger partial charge is 0.497 e. The molecule has 1 aromatic heterocycles. The number of nitrogens with one attached hydrogen (secondary N) is 2. The van der Waals surface area contributed by atoms with Crippen molar-refractivity contribution in [3.63, 3.8) is 0 Å². The second-order valence-electron chi connectivity index (χ2n) is 6.01. The molecular weight excluding hydrogens is 332 g/mol. The number of anilines is 1. The van der Waals surface area contributed by atoms with Gasteiger partial charge in [-0.1, -0.05) is 18.2 Å². The topological polar surface area (TPSA) is 75.7 Å². The molecule has 2 heterocycles. The lowest BCUT2D eigenvalue weighted by atomic mass is 10.2. The van der Waals surface area contributed by atoms with E-state index in [1.54, 1.807) is 13.3 Å². The molecular formula is C19H24N4O3. The molecule has 0 bridgehead atoms. The second-order valence-corrected chi connectivity index (χ2v) is 6.01. The molecule has 2 aromatic rings. The van der Waals surface area contributed by atoms with Gasteiger partial charge in [-0.15, -0.1) is 0 Å². The molecule has 0 atom stereocenters. The first-order valence-electron chi connectivity index (χ1n) is 8.67. The molecule has 0 unspecified atom stereocenters. The molecule has 1 aromatic carbocycles. The molecule has 3 rings (SSSR count). The van der Waals surface area contributed by atoms with Crippen molar-refractivity contribution in [1.29, 1.82) is 0 Å². The third kappa shape index (κ3) is 5.10. The van der Waals surface area contributed by atoms with Crippen LogP contribution in [0, 0.1) is 0 Å². The van der Waals surface area contributed by atoms with Crippen molar-refractivity contribution in [1.82, 2.24) is 15.6 Å². The maximum absolute atomic E-state index is 12.0. The lowest BCUT2D eigenvalue weighted by molar-refractivity contribution is 0.122. The van der Waals surface area contributed by atoms with E-state index in [2.05, 4.69) is 20.5 Å². The Labute approximate surface area is 153 Å². The maximum atomic E-state index is 12.0. The van der Waals surface area contributed by atoms with Crippen LogP contribution >= 0.6 is 0 Å². The van der Waals surface area contributed by atoms with E-state index in [0.717, 1.165) is 49.0 Å². The Balaban J connectivity index is 1.43. The molecule has 0 saturated carbocycles. The molecule has 2 amide bonds. The van der Waals surface area contributed by atoms with Crippen molar-refractivity contribution >= 4 is 11.8 Å². The van der Waals surface area contributed by atoms with Crippen LogP contribution in [0.15, 0.2) is 42.6 Å². The van der Waals surface area contributed by atoms with Gasteiger partial charge in [0.15, 0.2) is 0 Å². The Bertz CT molecular complexity index is 715. The Kier molecular flexibility index (Phi) is 6.27. The Hall–Kier alpha value is -2.80. The zero-order chi connectivity index (χ0) is 18.2.